The highest BCUT2D eigenvalue weighted by molar-refractivity contribution is 7.17. The van der Waals surface area contributed by atoms with Gasteiger partial charge in [0.25, 0.3) is 5.91 Å². The van der Waals surface area contributed by atoms with E-state index in [2.05, 4.69) is 20.3 Å². The quantitative estimate of drug-likeness (QED) is 0.886. The van der Waals surface area contributed by atoms with Crippen LogP contribution in [0.5, 0.6) is 0 Å². The minimum absolute atomic E-state index is 0.277. The van der Waals surface area contributed by atoms with Crippen LogP contribution in [0.15, 0.2) is 18.5 Å². The van der Waals surface area contributed by atoms with E-state index in [1.54, 1.807) is 25.4 Å². The van der Waals surface area contributed by atoms with Crippen LogP contribution in [0.2, 0.25) is 0 Å². The van der Waals surface area contributed by atoms with E-state index < -0.39 is 11.9 Å². The summed E-state index contributed by atoms with van der Waals surface area (Å²) < 4.78 is 0. The first-order chi connectivity index (χ1) is 11.1. The Hall–Kier alpha value is -2.35. The lowest BCUT2D eigenvalue weighted by molar-refractivity contribution is -0.142. The van der Waals surface area contributed by atoms with Crippen molar-refractivity contribution in [3.8, 4) is 10.8 Å². The molecule has 120 valence electrons. The molecule has 0 aliphatic heterocycles. The zero-order valence-electron chi connectivity index (χ0n) is 12.5. The molecule has 2 heterocycles. The summed E-state index contributed by atoms with van der Waals surface area (Å²) in [5.41, 5.74) is 0.597. The molecule has 7 nitrogen and oxygen atoms in total. The molecule has 8 heteroatoms. The molecule has 0 bridgehead atoms. The van der Waals surface area contributed by atoms with Crippen molar-refractivity contribution in [3.63, 3.8) is 0 Å². The van der Waals surface area contributed by atoms with Crippen molar-refractivity contribution in [2.24, 2.45) is 5.92 Å². The van der Waals surface area contributed by atoms with Gasteiger partial charge in [-0.1, -0.05) is 6.42 Å². The highest BCUT2D eigenvalue weighted by Gasteiger charge is 2.34. The van der Waals surface area contributed by atoms with Gasteiger partial charge >= 0.3 is 5.97 Å². The van der Waals surface area contributed by atoms with Crippen molar-refractivity contribution in [3.05, 3.63) is 29.0 Å². The molecule has 1 saturated carbocycles. The predicted octanol–water partition coefficient (Wildman–Crippen LogP) is 1.89. The van der Waals surface area contributed by atoms with Gasteiger partial charge in [-0.25, -0.2) is 15.0 Å². The number of aromatic nitrogens is 3. The summed E-state index contributed by atoms with van der Waals surface area (Å²) in [5.74, 6) is -1.17. The van der Waals surface area contributed by atoms with Gasteiger partial charge in [0.05, 0.1) is 11.6 Å². The zero-order valence-corrected chi connectivity index (χ0v) is 13.3. The maximum Gasteiger partial charge on any atom is 0.308 e. The van der Waals surface area contributed by atoms with Crippen LogP contribution in [-0.4, -0.2) is 38.0 Å². The van der Waals surface area contributed by atoms with E-state index in [-0.39, 0.29) is 11.9 Å². The summed E-state index contributed by atoms with van der Waals surface area (Å²) >= 11 is 1.22. The Labute approximate surface area is 136 Å². The molecule has 1 aliphatic rings. The average Bonchev–Trinajstić information content (AvgIpc) is 3.14. The van der Waals surface area contributed by atoms with Crippen molar-refractivity contribution in [1.82, 2.24) is 20.3 Å². The lowest BCUT2D eigenvalue weighted by atomic mass is 10.0. The number of amides is 1. The van der Waals surface area contributed by atoms with E-state index in [1.165, 1.54) is 11.3 Å². The van der Waals surface area contributed by atoms with Crippen LogP contribution in [0.3, 0.4) is 0 Å². The monoisotopic (exact) mass is 332 g/mol. The number of carbonyl (C=O) groups is 2. The summed E-state index contributed by atoms with van der Waals surface area (Å²) in [4.78, 5) is 36.7. The van der Waals surface area contributed by atoms with Gasteiger partial charge in [0.1, 0.15) is 4.88 Å². The van der Waals surface area contributed by atoms with E-state index >= 15 is 0 Å². The molecule has 0 spiro atoms. The molecule has 2 N–H and O–H groups in total. The number of carboxylic acids is 1. The molecular weight excluding hydrogens is 316 g/mol. The molecule has 3 rings (SSSR count). The van der Waals surface area contributed by atoms with Gasteiger partial charge < -0.3 is 10.4 Å². The van der Waals surface area contributed by atoms with Crippen LogP contribution < -0.4 is 5.32 Å². The Bertz CT molecular complexity index is 732. The standard InChI is InChI=1S/C15H16N4O3S/c1-8-11(23-14(18-8)12-16-6-3-7-17-12)13(20)19-10-5-2-4-9(10)15(21)22/h3,6-7,9-10H,2,4-5H2,1H3,(H,19,20)(H,21,22)/t9-,10+/m1/s1. The SMILES string of the molecule is Cc1nc(-c2ncccn2)sc1C(=O)N[C@H]1CCC[C@H]1C(=O)O. The second-order valence-corrected chi connectivity index (χ2v) is 6.46. The first-order valence-corrected chi connectivity index (χ1v) is 8.16. The number of aryl methyl sites for hydroxylation is 1. The summed E-state index contributed by atoms with van der Waals surface area (Å²) in [5, 5.41) is 12.6. The van der Waals surface area contributed by atoms with Gasteiger partial charge in [0.15, 0.2) is 10.8 Å². The van der Waals surface area contributed by atoms with E-state index in [1.807, 2.05) is 0 Å². The largest absolute Gasteiger partial charge is 0.481 e. The van der Waals surface area contributed by atoms with E-state index in [4.69, 9.17) is 0 Å². The third-order valence-corrected chi connectivity index (χ3v) is 5.06. The number of nitrogens with zero attached hydrogens (tertiary/aromatic N) is 3. The fraction of sp³-hybridized carbons (Fsp3) is 0.400. The summed E-state index contributed by atoms with van der Waals surface area (Å²) in [6.45, 7) is 1.75. The van der Waals surface area contributed by atoms with E-state index in [0.29, 0.717) is 34.2 Å². The Morgan fingerprint density at radius 2 is 2.04 bits per heavy atom. The maximum atomic E-state index is 12.5. The van der Waals surface area contributed by atoms with Crippen LogP contribution in [-0.2, 0) is 4.79 Å². The van der Waals surface area contributed by atoms with Crippen LogP contribution in [0, 0.1) is 12.8 Å². The van der Waals surface area contributed by atoms with Crippen LogP contribution in [0.4, 0.5) is 0 Å². The average molecular weight is 332 g/mol. The maximum absolute atomic E-state index is 12.5. The zero-order chi connectivity index (χ0) is 16.4. The molecule has 0 saturated heterocycles. The topological polar surface area (TPSA) is 105 Å². The molecule has 1 amide bonds. The van der Waals surface area contributed by atoms with Gasteiger partial charge in [-0.2, -0.15) is 0 Å². The molecule has 1 aliphatic carbocycles. The molecule has 2 aromatic heterocycles. The number of carboxylic acid groups (broad SMARTS) is 1. The number of nitrogens with one attached hydrogen (secondary N) is 1. The fourth-order valence-corrected chi connectivity index (χ4v) is 3.69. The lowest BCUT2D eigenvalue weighted by Gasteiger charge is -2.17. The number of carbonyl (C=O) groups excluding carboxylic acids is 1. The van der Waals surface area contributed by atoms with Gasteiger partial charge in [0.2, 0.25) is 0 Å². The van der Waals surface area contributed by atoms with Crippen molar-refractivity contribution in [1.29, 1.82) is 0 Å². The van der Waals surface area contributed by atoms with Crippen LogP contribution in [0.1, 0.15) is 34.6 Å². The molecular formula is C15H16N4O3S. The van der Waals surface area contributed by atoms with Crippen molar-refractivity contribution < 1.29 is 14.7 Å². The molecule has 2 aromatic rings. The van der Waals surface area contributed by atoms with Crippen molar-refractivity contribution in [2.45, 2.75) is 32.2 Å². The summed E-state index contributed by atoms with van der Waals surface area (Å²) in [6.07, 6.45) is 5.34. The smallest absolute Gasteiger partial charge is 0.308 e. The minimum Gasteiger partial charge on any atom is -0.481 e. The first kappa shape index (κ1) is 15.5. The van der Waals surface area contributed by atoms with Gasteiger partial charge in [-0.15, -0.1) is 11.3 Å². The Balaban J connectivity index is 1.78. The Morgan fingerprint density at radius 1 is 1.30 bits per heavy atom. The molecule has 1 fully saturated rings. The second kappa shape index (κ2) is 6.41. The normalized spacial score (nSPS) is 20.4. The number of hydrogen-bond donors (Lipinski definition) is 2. The van der Waals surface area contributed by atoms with Gasteiger partial charge in [-0.3, -0.25) is 9.59 Å². The summed E-state index contributed by atoms with van der Waals surface area (Å²) in [6, 6.07) is 1.39. The molecule has 0 unspecified atom stereocenters. The molecule has 23 heavy (non-hydrogen) atoms. The summed E-state index contributed by atoms with van der Waals surface area (Å²) in [7, 11) is 0. The number of rotatable bonds is 4. The minimum atomic E-state index is -0.854. The predicted molar refractivity (Wildman–Crippen MR) is 84.1 cm³/mol. The van der Waals surface area contributed by atoms with Crippen molar-refractivity contribution in [2.75, 3.05) is 0 Å². The number of aliphatic carboxylic acids is 1. The van der Waals surface area contributed by atoms with E-state index in [9.17, 15) is 14.7 Å². The van der Waals surface area contributed by atoms with E-state index in [0.717, 1.165) is 6.42 Å². The number of thiazole rings is 1. The third kappa shape index (κ3) is 3.21. The highest BCUT2D eigenvalue weighted by atomic mass is 32.1. The van der Waals surface area contributed by atoms with Crippen LogP contribution in [0.25, 0.3) is 10.8 Å². The molecule has 0 radical (unpaired) electrons. The van der Waals surface area contributed by atoms with Crippen LogP contribution >= 0.6 is 11.3 Å². The highest BCUT2D eigenvalue weighted by Crippen LogP contribution is 2.28. The van der Waals surface area contributed by atoms with Gasteiger partial charge in [-0.05, 0) is 25.8 Å². The fourth-order valence-electron chi connectivity index (χ4n) is 2.77. The third-order valence-electron chi connectivity index (χ3n) is 3.91. The van der Waals surface area contributed by atoms with Gasteiger partial charge in [0, 0.05) is 18.4 Å². The Kier molecular flexibility index (Phi) is 4.33. The lowest BCUT2D eigenvalue weighted by Crippen LogP contribution is -2.40. The molecule has 0 aromatic carbocycles. The van der Waals surface area contributed by atoms with Crippen molar-refractivity contribution >= 4 is 23.2 Å². The Morgan fingerprint density at radius 3 is 2.74 bits per heavy atom. The second-order valence-electron chi connectivity index (χ2n) is 5.46. The first-order valence-electron chi connectivity index (χ1n) is 7.34. The molecule has 2 atom stereocenters. The number of hydrogen-bond acceptors (Lipinski definition) is 6.